The van der Waals surface area contributed by atoms with E-state index in [4.69, 9.17) is 13.9 Å². The molecular weight excluding hydrogens is 422 g/mol. The maximum atomic E-state index is 13.3. The lowest BCUT2D eigenvalue weighted by atomic mass is 9.98. The molecule has 4 rings (SSSR count). The molecule has 1 aliphatic rings. The second-order valence-corrected chi connectivity index (χ2v) is 7.65. The van der Waals surface area contributed by atoms with Crippen LogP contribution in [0.3, 0.4) is 0 Å². The number of hydrogen-bond donors (Lipinski definition) is 0. The number of hydrazone groups is 1. The van der Waals surface area contributed by atoms with Gasteiger partial charge in [-0.15, -0.1) is 0 Å². The van der Waals surface area contributed by atoms with Gasteiger partial charge < -0.3 is 18.8 Å². The average Bonchev–Trinajstić information content (AvgIpc) is 3.54. The largest absolute Gasteiger partial charge is 0.497 e. The molecule has 2 amide bonds. The van der Waals surface area contributed by atoms with E-state index in [0.717, 1.165) is 28.3 Å². The Labute approximate surface area is 192 Å². The first kappa shape index (κ1) is 22.1. The molecule has 0 radical (unpaired) electrons. The first-order valence-electron chi connectivity index (χ1n) is 10.5. The quantitative estimate of drug-likeness (QED) is 0.551. The van der Waals surface area contributed by atoms with Crippen molar-refractivity contribution in [1.29, 1.82) is 0 Å². The molecule has 0 aliphatic carbocycles. The van der Waals surface area contributed by atoms with Crippen LogP contribution < -0.4 is 9.47 Å². The van der Waals surface area contributed by atoms with E-state index in [1.165, 1.54) is 16.2 Å². The van der Waals surface area contributed by atoms with Crippen molar-refractivity contribution in [3.05, 3.63) is 83.8 Å². The summed E-state index contributed by atoms with van der Waals surface area (Å²) in [7, 11) is 4.79. The summed E-state index contributed by atoms with van der Waals surface area (Å²) in [5.74, 6) is 1.00. The second-order valence-electron chi connectivity index (χ2n) is 7.65. The smallest absolute Gasteiger partial charge is 0.289 e. The Morgan fingerprint density at radius 1 is 1.03 bits per heavy atom. The van der Waals surface area contributed by atoms with Crippen molar-refractivity contribution in [3.8, 4) is 11.5 Å². The van der Waals surface area contributed by atoms with E-state index < -0.39 is 0 Å². The number of carbonyl (C=O) groups excluding carboxylic acids is 2. The number of benzene rings is 2. The van der Waals surface area contributed by atoms with Crippen molar-refractivity contribution in [3.63, 3.8) is 0 Å². The van der Waals surface area contributed by atoms with Gasteiger partial charge in [0.25, 0.3) is 11.8 Å². The lowest BCUT2D eigenvalue weighted by Gasteiger charge is -2.24. The van der Waals surface area contributed by atoms with E-state index >= 15 is 0 Å². The molecule has 1 aliphatic heterocycles. The maximum Gasteiger partial charge on any atom is 0.289 e. The molecule has 0 spiro atoms. The van der Waals surface area contributed by atoms with Gasteiger partial charge in [0.15, 0.2) is 5.76 Å². The fraction of sp³-hybridized carbons (Fsp3) is 0.240. The van der Waals surface area contributed by atoms with Gasteiger partial charge in [0, 0.05) is 13.5 Å². The number of likely N-dealkylation sites (N-methyl/N-ethyl adjacent to an activating group) is 1. The number of ether oxygens (including phenoxy) is 2. The Kier molecular flexibility index (Phi) is 6.44. The number of methoxy groups -OCH3 is 2. The molecule has 0 bridgehead atoms. The first-order valence-corrected chi connectivity index (χ1v) is 10.5. The molecule has 1 unspecified atom stereocenters. The Morgan fingerprint density at radius 3 is 2.24 bits per heavy atom. The summed E-state index contributed by atoms with van der Waals surface area (Å²) in [6, 6.07) is 18.0. The van der Waals surface area contributed by atoms with E-state index in [1.54, 1.807) is 33.4 Å². The number of nitrogens with zero attached hydrogens (tertiary/aromatic N) is 3. The van der Waals surface area contributed by atoms with E-state index in [2.05, 4.69) is 5.10 Å². The zero-order valence-electron chi connectivity index (χ0n) is 18.7. The minimum Gasteiger partial charge on any atom is -0.497 e. The van der Waals surface area contributed by atoms with Crippen molar-refractivity contribution in [2.45, 2.75) is 12.5 Å². The number of furan rings is 1. The molecule has 170 valence electrons. The minimum absolute atomic E-state index is 0.133. The summed E-state index contributed by atoms with van der Waals surface area (Å²) in [5.41, 5.74) is 2.62. The van der Waals surface area contributed by atoms with Crippen LogP contribution in [0.25, 0.3) is 0 Å². The van der Waals surface area contributed by atoms with Gasteiger partial charge in [0.05, 0.1) is 32.2 Å². The maximum absolute atomic E-state index is 13.3. The highest BCUT2D eigenvalue weighted by Gasteiger charge is 2.34. The highest BCUT2D eigenvalue weighted by atomic mass is 16.5. The van der Waals surface area contributed by atoms with Crippen LogP contribution in [0.5, 0.6) is 11.5 Å². The van der Waals surface area contributed by atoms with Crippen LogP contribution in [0.4, 0.5) is 0 Å². The molecule has 3 aromatic rings. The molecule has 8 nitrogen and oxygen atoms in total. The van der Waals surface area contributed by atoms with Crippen molar-refractivity contribution < 1.29 is 23.5 Å². The minimum atomic E-state index is -0.368. The molecule has 0 N–H and O–H groups in total. The summed E-state index contributed by atoms with van der Waals surface area (Å²) in [6.45, 7) is -0.133. The Hall–Kier alpha value is -4.07. The average molecular weight is 447 g/mol. The van der Waals surface area contributed by atoms with E-state index in [1.807, 2.05) is 48.5 Å². The molecule has 2 aromatic carbocycles. The van der Waals surface area contributed by atoms with Gasteiger partial charge >= 0.3 is 0 Å². The highest BCUT2D eigenvalue weighted by Crippen LogP contribution is 2.34. The van der Waals surface area contributed by atoms with Gasteiger partial charge in [-0.2, -0.15) is 5.10 Å². The molecule has 1 atom stereocenters. The van der Waals surface area contributed by atoms with Crippen LogP contribution in [0.15, 0.2) is 76.4 Å². The van der Waals surface area contributed by atoms with Crippen LogP contribution in [0.1, 0.15) is 34.1 Å². The fourth-order valence-corrected chi connectivity index (χ4v) is 3.72. The third-order valence-electron chi connectivity index (χ3n) is 5.54. The van der Waals surface area contributed by atoms with Gasteiger partial charge in [0.2, 0.25) is 0 Å². The number of carbonyl (C=O) groups is 2. The van der Waals surface area contributed by atoms with Crippen molar-refractivity contribution in [2.75, 3.05) is 27.8 Å². The van der Waals surface area contributed by atoms with E-state index in [-0.39, 0.29) is 30.2 Å². The van der Waals surface area contributed by atoms with Crippen LogP contribution >= 0.6 is 0 Å². The highest BCUT2D eigenvalue weighted by molar-refractivity contribution is 6.03. The van der Waals surface area contributed by atoms with Crippen molar-refractivity contribution in [2.24, 2.45) is 5.10 Å². The van der Waals surface area contributed by atoms with Gasteiger partial charge in [-0.05, 0) is 59.7 Å². The molecule has 0 saturated carbocycles. The van der Waals surface area contributed by atoms with E-state index in [9.17, 15) is 9.59 Å². The summed E-state index contributed by atoms with van der Waals surface area (Å²) < 4.78 is 15.7. The van der Waals surface area contributed by atoms with Crippen LogP contribution in [-0.4, -0.2) is 55.2 Å². The Morgan fingerprint density at radius 2 is 1.67 bits per heavy atom. The molecule has 0 saturated heterocycles. The van der Waals surface area contributed by atoms with Gasteiger partial charge in [0.1, 0.15) is 18.0 Å². The number of hydrogen-bond acceptors (Lipinski definition) is 6. The Balaban J connectivity index is 1.59. The SMILES string of the molecule is COc1ccc(C2=NN(C(=O)CN(C)C(=O)c3ccco3)C(c3ccc(OC)cc3)C2)cc1. The molecule has 33 heavy (non-hydrogen) atoms. The second kappa shape index (κ2) is 9.60. The molecule has 0 fully saturated rings. The zero-order valence-corrected chi connectivity index (χ0v) is 18.7. The van der Waals surface area contributed by atoms with Crippen LogP contribution in [-0.2, 0) is 4.79 Å². The third-order valence-corrected chi connectivity index (χ3v) is 5.54. The molecular formula is C25H25N3O5. The molecule has 1 aromatic heterocycles. The lowest BCUT2D eigenvalue weighted by Crippen LogP contribution is -2.39. The standard InChI is InChI=1S/C25H25N3O5/c1-27(25(30)23-5-4-14-33-23)16-24(29)28-22(18-8-12-20(32-3)13-9-18)15-21(26-28)17-6-10-19(31-2)11-7-17/h4-14,22H,15-16H2,1-3H3. The summed E-state index contributed by atoms with van der Waals surface area (Å²) in [4.78, 5) is 27.1. The monoisotopic (exact) mass is 447 g/mol. The van der Waals surface area contributed by atoms with E-state index in [0.29, 0.717) is 6.42 Å². The molecule has 2 heterocycles. The molecule has 8 heteroatoms. The third kappa shape index (κ3) is 4.74. The normalized spacial score (nSPS) is 15.2. The summed E-state index contributed by atoms with van der Waals surface area (Å²) in [5, 5.41) is 6.12. The van der Waals surface area contributed by atoms with Crippen molar-refractivity contribution in [1.82, 2.24) is 9.91 Å². The van der Waals surface area contributed by atoms with Crippen LogP contribution in [0.2, 0.25) is 0 Å². The number of amides is 2. The first-order chi connectivity index (χ1) is 16.0. The Bertz CT molecular complexity index is 1140. The predicted molar refractivity (Wildman–Crippen MR) is 122 cm³/mol. The summed E-state index contributed by atoms with van der Waals surface area (Å²) in [6.07, 6.45) is 1.97. The van der Waals surface area contributed by atoms with Crippen molar-refractivity contribution >= 4 is 17.5 Å². The zero-order chi connectivity index (χ0) is 23.4. The fourth-order valence-electron chi connectivity index (χ4n) is 3.72. The van der Waals surface area contributed by atoms with Gasteiger partial charge in [-0.3, -0.25) is 9.59 Å². The predicted octanol–water partition coefficient (Wildman–Crippen LogP) is 3.75. The topological polar surface area (TPSA) is 84.6 Å². The lowest BCUT2D eigenvalue weighted by molar-refractivity contribution is -0.133. The summed E-state index contributed by atoms with van der Waals surface area (Å²) >= 11 is 0. The van der Waals surface area contributed by atoms with Gasteiger partial charge in [-0.1, -0.05) is 12.1 Å². The number of rotatable bonds is 7. The van der Waals surface area contributed by atoms with Gasteiger partial charge in [-0.25, -0.2) is 5.01 Å². The van der Waals surface area contributed by atoms with Crippen LogP contribution in [0, 0.1) is 0 Å².